The van der Waals surface area contributed by atoms with Crippen LogP contribution >= 0.6 is 11.3 Å². The minimum Gasteiger partial charge on any atom is -0.397 e. The van der Waals surface area contributed by atoms with Gasteiger partial charge in [0.25, 0.3) is 0 Å². The predicted molar refractivity (Wildman–Crippen MR) is 91.6 cm³/mol. The summed E-state index contributed by atoms with van der Waals surface area (Å²) in [6, 6.07) is 10.3. The molecule has 0 spiro atoms. The molecule has 1 aromatic carbocycles. The monoisotopic (exact) mass is 299 g/mol. The van der Waals surface area contributed by atoms with E-state index in [1.165, 1.54) is 30.6 Å². The van der Waals surface area contributed by atoms with Crippen LogP contribution in [-0.2, 0) is 6.54 Å². The van der Waals surface area contributed by atoms with Crippen LogP contribution in [0.1, 0.15) is 32.6 Å². The number of fused-ring (bicyclic) bond motifs is 1. The molecule has 0 aliphatic carbocycles. The van der Waals surface area contributed by atoms with Crippen molar-refractivity contribution in [1.29, 1.82) is 0 Å². The van der Waals surface area contributed by atoms with E-state index in [0.29, 0.717) is 0 Å². The molecule has 0 radical (unpaired) electrons. The van der Waals surface area contributed by atoms with Crippen LogP contribution in [0.25, 0.3) is 21.7 Å². The minimum atomic E-state index is 0.762. The van der Waals surface area contributed by atoms with Crippen LogP contribution in [0.15, 0.2) is 35.7 Å². The third-order valence-electron chi connectivity index (χ3n) is 3.79. The third kappa shape index (κ3) is 2.81. The Kier molecular flexibility index (Phi) is 4.25. The number of hydrogen-bond donors (Lipinski definition) is 1. The summed E-state index contributed by atoms with van der Waals surface area (Å²) in [5.41, 5.74) is 8.93. The molecule has 110 valence electrons. The fourth-order valence-corrected chi connectivity index (χ4v) is 3.41. The summed E-state index contributed by atoms with van der Waals surface area (Å²) in [4.78, 5) is 6.01. The molecule has 0 aliphatic heterocycles. The summed E-state index contributed by atoms with van der Waals surface area (Å²) in [6.07, 6.45) is 5.01. The van der Waals surface area contributed by atoms with Crippen LogP contribution in [0.5, 0.6) is 0 Å². The van der Waals surface area contributed by atoms with Gasteiger partial charge in [0.1, 0.15) is 5.52 Å². The molecular weight excluding hydrogens is 278 g/mol. The van der Waals surface area contributed by atoms with Crippen molar-refractivity contribution in [2.75, 3.05) is 5.73 Å². The maximum Gasteiger partial charge on any atom is 0.151 e. The zero-order valence-corrected chi connectivity index (χ0v) is 13.2. The lowest BCUT2D eigenvalue weighted by molar-refractivity contribution is 0.595. The van der Waals surface area contributed by atoms with Gasteiger partial charge in [0, 0.05) is 6.54 Å². The Morgan fingerprint density at radius 3 is 2.81 bits per heavy atom. The number of anilines is 1. The van der Waals surface area contributed by atoms with Crippen molar-refractivity contribution in [1.82, 2.24) is 9.55 Å². The number of nitrogen functional groups attached to an aromatic ring is 1. The van der Waals surface area contributed by atoms with Crippen molar-refractivity contribution in [2.45, 2.75) is 39.2 Å². The first kappa shape index (κ1) is 14.1. The van der Waals surface area contributed by atoms with E-state index in [1.807, 2.05) is 12.1 Å². The molecule has 3 aromatic rings. The lowest BCUT2D eigenvalue weighted by Crippen LogP contribution is -2.00. The van der Waals surface area contributed by atoms with Gasteiger partial charge in [-0.2, -0.15) is 0 Å². The highest BCUT2D eigenvalue weighted by Crippen LogP contribution is 2.30. The quantitative estimate of drug-likeness (QED) is 0.518. The van der Waals surface area contributed by atoms with Crippen LogP contribution in [0.3, 0.4) is 0 Å². The highest BCUT2D eigenvalue weighted by atomic mass is 32.1. The number of thiophene rings is 1. The van der Waals surface area contributed by atoms with E-state index >= 15 is 0 Å². The Labute approximate surface area is 129 Å². The van der Waals surface area contributed by atoms with Gasteiger partial charge < -0.3 is 10.3 Å². The van der Waals surface area contributed by atoms with E-state index in [9.17, 15) is 0 Å². The molecule has 3 rings (SSSR count). The standard InChI is InChI=1S/C17H21N3S/c1-2-3-4-5-11-20-14-9-6-8-13(18)16(14)19-17(20)15-10-7-12-21-15/h6-10,12H,2-5,11,18H2,1H3. The average molecular weight is 299 g/mol. The summed E-state index contributed by atoms with van der Waals surface area (Å²) in [7, 11) is 0. The van der Waals surface area contributed by atoms with Crippen molar-refractivity contribution in [2.24, 2.45) is 0 Å². The number of rotatable bonds is 6. The Hall–Kier alpha value is -1.81. The molecule has 2 N–H and O–H groups in total. The molecule has 0 saturated carbocycles. The molecule has 3 nitrogen and oxygen atoms in total. The van der Waals surface area contributed by atoms with Gasteiger partial charge in [0.05, 0.1) is 16.1 Å². The molecule has 0 bridgehead atoms. The second-order valence-corrected chi connectivity index (χ2v) is 6.29. The maximum atomic E-state index is 6.10. The summed E-state index contributed by atoms with van der Waals surface area (Å²) in [6.45, 7) is 3.25. The van der Waals surface area contributed by atoms with Gasteiger partial charge in [-0.15, -0.1) is 11.3 Å². The van der Waals surface area contributed by atoms with Crippen molar-refractivity contribution in [3.63, 3.8) is 0 Å². The summed E-state index contributed by atoms with van der Waals surface area (Å²) in [5, 5.41) is 2.10. The lowest BCUT2D eigenvalue weighted by atomic mass is 10.2. The largest absolute Gasteiger partial charge is 0.397 e. The summed E-state index contributed by atoms with van der Waals surface area (Å²) < 4.78 is 2.33. The number of imidazole rings is 1. The number of aromatic nitrogens is 2. The Morgan fingerprint density at radius 2 is 2.05 bits per heavy atom. The molecule has 0 saturated heterocycles. The number of aryl methyl sites for hydroxylation is 1. The number of benzene rings is 1. The molecule has 0 atom stereocenters. The highest BCUT2D eigenvalue weighted by Gasteiger charge is 2.14. The molecule has 21 heavy (non-hydrogen) atoms. The normalized spacial score (nSPS) is 11.3. The molecule has 4 heteroatoms. The first-order valence-electron chi connectivity index (χ1n) is 7.60. The van der Waals surface area contributed by atoms with Crippen molar-refractivity contribution >= 4 is 28.1 Å². The third-order valence-corrected chi connectivity index (χ3v) is 4.65. The van der Waals surface area contributed by atoms with Crippen LogP contribution in [0, 0.1) is 0 Å². The van der Waals surface area contributed by atoms with Crippen LogP contribution in [-0.4, -0.2) is 9.55 Å². The molecule has 2 heterocycles. The van der Waals surface area contributed by atoms with Gasteiger partial charge >= 0.3 is 0 Å². The molecular formula is C17H21N3S. The minimum absolute atomic E-state index is 0.762. The smallest absolute Gasteiger partial charge is 0.151 e. The van der Waals surface area contributed by atoms with Crippen LogP contribution in [0.4, 0.5) is 5.69 Å². The van der Waals surface area contributed by atoms with E-state index in [2.05, 4.69) is 35.1 Å². The zero-order chi connectivity index (χ0) is 14.7. The second-order valence-electron chi connectivity index (χ2n) is 5.34. The zero-order valence-electron chi connectivity index (χ0n) is 12.4. The second kappa shape index (κ2) is 6.31. The molecule has 2 aromatic heterocycles. The van der Waals surface area contributed by atoms with E-state index in [4.69, 9.17) is 10.7 Å². The van der Waals surface area contributed by atoms with Gasteiger partial charge in [-0.3, -0.25) is 0 Å². The number of unbranched alkanes of at least 4 members (excludes halogenated alkanes) is 3. The first-order valence-corrected chi connectivity index (χ1v) is 8.48. The fraction of sp³-hybridized carbons (Fsp3) is 0.353. The average Bonchev–Trinajstić information content (AvgIpc) is 3.12. The van der Waals surface area contributed by atoms with Gasteiger partial charge in [-0.05, 0) is 30.0 Å². The van der Waals surface area contributed by atoms with Gasteiger partial charge in [0.15, 0.2) is 5.82 Å². The van der Waals surface area contributed by atoms with Crippen molar-refractivity contribution in [3.8, 4) is 10.7 Å². The number of hydrogen-bond acceptors (Lipinski definition) is 3. The highest BCUT2D eigenvalue weighted by molar-refractivity contribution is 7.13. The van der Waals surface area contributed by atoms with E-state index in [-0.39, 0.29) is 0 Å². The first-order chi connectivity index (χ1) is 10.3. The summed E-state index contributed by atoms with van der Waals surface area (Å²) in [5.74, 6) is 1.05. The van der Waals surface area contributed by atoms with Gasteiger partial charge in [-0.25, -0.2) is 4.98 Å². The molecule has 0 amide bonds. The molecule has 0 unspecified atom stereocenters. The van der Waals surface area contributed by atoms with Gasteiger partial charge in [-0.1, -0.05) is 38.3 Å². The maximum absolute atomic E-state index is 6.10. The van der Waals surface area contributed by atoms with Gasteiger partial charge in [0.2, 0.25) is 0 Å². The summed E-state index contributed by atoms with van der Waals surface area (Å²) >= 11 is 1.73. The molecule has 0 fully saturated rings. The Balaban J connectivity index is 2.01. The van der Waals surface area contributed by atoms with E-state index < -0.39 is 0 Å². The predicted octanol–water partition coefficient (Wildman–Crippen LogP) is 4.93. The SMILES string of the molecule is CCCCCCn1c(-c2cccs2)nc2c(N)cccc21. The van der Waals surface area contributed by atoms with Crippen LogP contribution < -0.4 is 5.73 Å². The van der Waals surface area contributed by atoms with E-state index in [0.717, 1.165) is 29.1 Å². The van der Waals surface area contributed by atoms with Crippen LogP contribution in [0.2, 0.25) is 0 Å². The van der Waals surface area contributed by atoms with Crippen molar-refractivity contribution < 1.29 is 0 Å². The number of nitrogens with two attached hydrogens (primary N) is 1. The topological polar surface area (TPSA) is 43.8 Å². The number of para-hydroxylation sites is 1. The van der Waals surface area contributed by atoms with Crippen molar-refractivity contribution in [3.05, 3.63) is 35.7 Å². The fourth-order valence-electron chi connectivity index (χ4n) is 2.69. The number of nitrogens with zero attached hydrogens (tertiary/aromatic N) is 2. The molecule has 0 aliphatic rings. The van der Waals surface area contributed by atoms with E-state index in [1.54, 1.807) is 11.3 Å². The Morgan fingerprint density at radius 1 is 1.14 bits per heavy atom. The lowest BCUT2D eigenvalue weighted by Gasteiger charge is -2.08. The Bertz CT molecular complexity index is 713.